The van der Waals surface area contributed by atoms with Gasteiger partial charge in [0, 0.05) is 23.5 Å². The lowest BCUT2D eigenvalue weighted by Crippen LogP contribution is -2.36. The van der Waals surface area contributed by atoms with Gasteiger partial charge in [0.1, 0.15) is 17.8 Å². The first kappa shape index (κ1) is 17.2. The summed E-state index contributed by atoms with van der Waals surface area (Å²) in [5, 5.41) is 3.32. The predicted octanol–water partition coefficient (Wildman–Crippen LogP) is 4.37. The Hall–Kier alpha value is -3.21. The van der Waals surface area contributed by atoms with E-state index >= 15 is 0 Å². The number of nitrogens with one attached hydrogen (secondary N) is 1. The highest BCUT2D eigenvalue weighted by atomic mass is 16.2. The molecular weight excluding hydrogens is 336 g/mol. The third-order valence-electron chi connectivity index (χ3n) is 4.97. The van der Waals surface area contributed by atoms with Crippen LogP contribution in [0.1, 0.15) is 35.5 Å². The Balaban J connectivity index is 1.62. The van der Waals surface area contributed by atoms with E-state index in [0.717, 1.165) is 24.2 Å². The van der Waals surface area contributed by atoms with Crippen LogP contribution in [0.4, 0.5) is 17.2 Å². The lowest BCUT2D eigenvalue weighted by molar-refractivity contribution is 0.0976. The molecule has 0 bridgehead atoms. The van der Waals surface area contributed by atoms with Crippen LogP contribution in [0.25, 0.3) is 0 Å². The number of anilines is 3. The van der Waals surface area contributed by atoms with Gasteiger partial charge in [0.05, 0.1) is 0 Å². The largest absolute Gasteiger partial charge is 0.340 e. The molecular formula is C22H22N4O. The quantitative estimate of drug-likeness (QED) is 0.752. The molecule has 0 aliphatic carbocycles. The maximum Gasteiger partial charge on any atom is 0.277 e. The number of fused-ring (bicyclic) bond motifs is 1. The van der Waals surface area contributed by atoms with Crippen LogP contribution in [0, 0.1) is 0 Å². The van der Waals surface area contributed by atoms with Crippen molar-refractivity contribution in [3.05, 3.63) is 77.7 Å². The monoisotopic (exact) mass is 358 g/mol. The highest BCUT2D eigenvalue weighted by molar-refractivity contribution is 6.06. The van der Waals surface area contributed by atoms with Gasteiger partial charge in [0.25, 0.3) is 5.91 Å². The normalized spacial score (nSPS) is 15.5. The smallest absolute Gasteiger partial charge is 0.277 e. The fraction of sp³-hybridized carbons (Fsp3) is 0.227. The summed E-state index contributed by atoms with van der Waals surface area (Å²) >= 11 is 0. The van der Waals surface area contributed by atoms with Crippen LogP contribution >= 0.6 is 0 Å². The molecule has 1 N–H and O–H groups in total. The van der Waals surface area contributed by atoms with Crippen molar-refractivity contribution in [3.8, 4) is 0 Å². The predicted molar refractivity (Wildman–Crippen MR) is 108 cm³/mol. The first-order valence-electron chi connectivity index (χ1n) is 9.26. The van der Waals surface area contributed by atoms with E-state index in [-0.39, 0.29) is 11.9 Å². The Morgan fingerprint density at radius 3 is 2.78 bits per heavy atom. The van der Waals surface area contributed by atoms with Gasteiger partial charge in [0.2, 0.25) is 0 Å². The summed E-state index contributed by atoms with van der Waals surface area (Å²) in [5.41, 5.74) is 4.76. The average Bonchev–Trinajstić information content (AvgIpc) is 3.03. The number of carbonyl (C=O) groups excluding carboxylic acids is 1. The van der Waals surface area contributed by atoms with Gasteiger partial charge in [-0.2, -0.15) is 0 Å². The van der Waals surface area contributed by atoms with Crippen LogP contribution in [-0.4, -0.2) is 21.9 Å². The molecule has 0 saturated carbocycles. The van der Waals surface area contributed by atoms with Gasteiger partial charge in [-0.1, -0.05) is 43.3 Å². The number of hydrogen-bond acceptors (Lipinski definition) is 4. The summed E-state index contributed by atoms with van der Waals surface area (Å²) in [6, 6.07) is 18.0. The van der Waals surface area contributed by atoms with Crippen molar-refractivity contribution < 1.29 is 4.79 Å². The summed E-state index contributed by atoms with van der Waals surface area (Å²) in [6.45, 7) is 4.18. The van der Waals surface area contributed by atoms with Gasteiger partial charge in [-0.05, 0) is 43.0 Å². The zero-order valence-corrected chi connectivity index (χ0v) is 15.5. The van der Waals surface area contributed by atoms with Crippen LogP contribution in [0.5, 0.6) is 0 Å². The van der Waals surface area contributed by atoms with Crippen molar-refractivity contribution in [3.63, 3.8) is 0 Å². The van der Waals surface area contributed by atoms with E-state index in [9.17, 15) is 4.79 Å². The second-order valence-electron chi connectivity index (χ2n) is 6.78. The molecule has 1 atom stereocenters. The highest BCUT2D eigenvalue weighted by Crippen LogP contribution is 2.33. The molecule has 0 spiro atoms. The summed E-state index contributed by atoms with van der Waals surface area (Å²) < 4.78 is 0. The number of aromatic nitrogens is 2. The number of hydrogen-bond donors (Lipinski definition) is 1. The second kappa shape index (κ2) is 7.19. The zero-order chi connectivity index (χ0) is 18.8. The lowest BCUT2D eigenvalue weighted by atomic mass is 10.1. The maximum absolute atomic E-state index is 13.2. The van der Waals surface area contributed by atoms with Crippen molar-refractivity contribution in [2.75, 3.05) is 10.2 Å². The number of benzene rings is 2. The van der Waals surface area contributed by atoms with Crippen LogP contribution in [0.3, 0.4) is 0 Å². The molecule has 27 heavy (non-hydrogen) atoms. The summed E-state index contributed by atoms with van der Waals surface area (Å²) in [4.78, 5) is 23.5. The number of amides is 1. The number of aryl methyl sites for hydroxylation is 1. The van der Waals surface area contributed by atoms with Gasteiger partial charge in [-0.25, -0.2) is 9.97 Å². The van der Waals surface area contributed by atoms with Gasteiger partial charge in [-0.15, -0.1) is 0 Å². The molecule has 0 radical (unpaired) electrons. The zero-order valence-electron chi connectivity index (χ0n) is 15.5. The molecule has 5 nitrogen and oxygen atoms in total. The van der Waals surface area contributed by atoms with Crippen LogP contribution < -0.4 is 10.2 Å². The van der Waals surface area contributed by atoms with E-state index in [2.05, 4.69) is 41.3 Å². The average molecular weight is 358 g/mol. The minimum absolute atomic E-state index is 0.0957. The van der Waals surface area contributed by atoms with Gasteiger partial charge < -0.3 is 10.2 Å². The standard InChI is InChI=1S/C22H22N4O/c1-3-16-8-4-6-10-18(16)25-21-13-19(23-14-24-21)22(27)26-15(2)12-17-9-5-7-11-20(17)26/h4-11,13-15H,3,12H2,1-2H3,(H,23,24,25). The molecule has 1 amide bonds. The molecule has 3 aromatic rings. The molecule has 5 heteroatoms. The molecule has 0 fully saturated rings. The van der Waals surface area contributed by atoms with Crippen molar-refractivity contribution >= 4 is 23.1 Å². The van der Waals surface area contributed by atoms with Gasteiger partial charge in [0.15, 0.2) is 0 Å². The van der Waals surface area contributed by atoms with Crippen LogP contribution in [-0.2, 0) is 12.8 Å². The van der Waals surface area contributed by atoms with Gasteiger partial charge >= 0.3 is 0 Å². The molecule has 2 heterocycles. The van der Waals surface area contributed by atoms with E-state index in [1.165, 1.54) is 17.5 Å². The number of rotatable bonds is 4. The van der Waals surface area contributed by atoms with Crippen molar-refractivity contribution in [2.45, 2.75) is 32.7 Å². The Morgan fingerprint density at radius 2 is 1.93 bits per heavy atom. The van der Waals surface area contributed by atoms with E-state index in [1.807, 2.05) is 41.3 Å². The van der Waals surface area contributed by atoms with Crippen LogP contribution in [0.15, 0.2) is 60.9 Å². The van der Waals surface area contributed by atoms with E-state index < -0.39 is 0 Å². The second-order valence-corrected chi connectivity index (χ2v) is 6.78. The summed E-state index contributed by atoms with van der Waals surface area (Å²) in [5.74, 6) is 0.524. The molecule has 136 valence electrons. The van der Waals surface area contributed by atoms with E-state index in [4.69, 9.17) is 0 Å². The molecule has 1 aromatic heterocycles. The molecule has 0 saturated heterocycles. The Morgan fingerprint density at radius 1 is 1.15 bits per heavy atom. The topological polar surface area (TPSA) is 58.1 Å². The Bertz CT molecular complexity index is 985. The van der Waals surface area contributed by atoms with E-state index in [0.29, 0.717) is 11.5 Å². The minimum atomic E-state index is -0.0957. The van der Waals surface area contributed by atoms with Crippen molar-refractivity contribution in [2.24, 2.45) is 0 Å². The lowest BCUT2D eigenvalue weighted by Gasteiger charge is -2.22. The molecule has 1 aliphatic rings. The Labute approximate surface area is 159 Å². The summed E-state index contributed by atoms with van der Waals surface area (Å²) in [7, 11) is 0. The van der Waals surface area contributed by atoms with Crippen LogP contribution in [0.2, 0.25) is 0 Å². The number of carbonyl (C=O) groups is 1. The minimum Gasteiger partial charge on any atom is -0.340 e. The molecule has 2 aromatic carbocycles. The fourth-order valence-corrected chi connectivity index (χ4v) is 3.63. The van der Waals surface area contributed by atoms with Gasteiger partial charge in [-0.3, -0.25) is 4.79 Å². The molecule has 1 unspecified atom stereocenters. The molecule has 4 rings (SSSR count). The fourth-order valence-electron chi connectivity index (χ4n) is 3.63. The first-order chi connectivity index (χ1) is 13.2. The van der Waals surface area contributed by atoms with Crippen molar-refractivity contribution in [1.82, 2.24) is 9.97 Å². The van der Waals surface area contributed by atoms with E-state index in [1.54, 1.807) is 6.07 Å². The Kier molecular flexibility index (Phi) is 4.59. The SMILES string of the molecule is CCc1ccccc1Nc1cc(C(=O)N2c3ccccc3CC2C)ncn1. The van der Waals surface area contributed by atoms with Crippen molar-refractivity contribution in [1.29, 1.82) is 0 Å². The highest BCUT2D eigenvalue weighted by Gasteiger charge is 2.32. The third kappa shape index (κ3) is 3.28. The number of nitrogens with zero attached hydrogens (tertiary/aromatic N) is 3. The number of para-hydroxylation sites is 2. The maximum atomic E-state index is 13.2. The third-order valence-corrected chi connectivity index (χ3v) is 4.97. The first-order valence-corrected chi connectivity index (χ1v) is 9.26. The molecule has 1 aliphatic heterocycles. The summed E-state index contributed by atoms with van der Waals surface area (Å²) in [6.07, 6.45) is 3.22.